The summed E-state index contributed by atoms with van der Waals surface area (Å²) in [6.45, 7) is 0. The molecule has 0 atom stereocenters. The normalized spacial score (nSPS) is 21.3. The molecule has 98 valence electrons. The maximum Gasteiger partial charge on any atom is 0.254 e. The SMILES string of the molecule is O=c1[nH]c(C2CCCCCCC2)nc2c1CCC2. The van der Waals surface area contributed by atoms with Crippen LogP contribution in [0.25, 0.3) is 0 Å². The van der Waals surface area contributed by atoms with Crippen LogP contribution in [-0.4, -0.2) is 9.97 Å². The minimum Gasteiger partial charge on any atom is -0.310 e. The number of hydrogen-bond acceptors (Lipinski definition) is 2. The maximum absolute atomic E-state index is 12.0. The molecule has 0 amide bonds. The second kappa shape index (κ2) is 5.25. The van der Waals surface area contributed by atoms with Crippen LogP contribution in [0.4, 0.5) is 0 Å². The molecule has 18 heavy (non-hydrogen) atoms. The van der Waals surface area contributed by atoms with Crippen LogP contribution in [0.3, 0.4) is 0 Å². The molecule has 3 heteroatoms. The van der Waals surface area contributed by atoms with E-state index >= 15 is 0 Å². The second-order valence-electron chi connectivity index (χ2n) is 5.77. The first-order valence-electron chi connectivity index (χ1n) is 7.46. The number of hydrogen-bond donors (Lipinski definition) is 1. The zero-order valence-electron chi connectivity index (χ0n) is 11.0. The summed E-state index contributed by atoms with van der Waals surface area (Å²) in [7, 11) is 0. The fraction of sp³-hybridized carbons (Fsp3) is 0.733. The molecule has 2 aliphatic rings. The van der Waals surface area contributed by atoms with E-state index in [4.69, 9.17) is 4.98 Å². The molecule has 1 aromatic rings. The van der Waals surface area contributed by atoms with E-state index < -0.39 is 0 Å². The van der Waals surface area contributed by atoms with Crippen molar-refractivity contribution in [2.75, 3.05) is 0 Å². The average molecular weight is 246 g/mol. The van der Waals surface area contributed by atoms with Gasteiger partial charge in [-0.15, -0.1) is 0 Å². The predicted molar refractivity (Wildman–Crippen MR) is 71.9 cm³/mol. The molecule has 0 unspecified atom stereocenters. The first-order valence-corrected chi connectivity index (χ1v) is 7.46. The highest BCUT2D eigenvalue weighted by Gasteiger charge is 2.21. The minimum absolute atomic E-state index is 0.134. The van der Waals surface area contributed by atoms with Crippen molar-refractivity contribution in [3.8, 4) is 0 Å². The molecule has 3 rings (SSSR count). The fourth-order valence-corrected chi connectivity index (χ4v) is 3.38. The van der Waals surface area contributed by atoms with Crippen molar-refractivity contribution >= 4 is 0 Å². The van der Waals surface area contributed by atoms with Gasteiger partial charge in [0.25, 0.3) is 5.56 Å². The Morgan fingerprint density at radius 2 is 1.67 bits per heavy atom. The number of H-pyrrole nitrogens is 1. The van der Waals surface area contributed by atoms with Gasteiger partial charge in [0.2, 0.25) is 0 Å². The smallest absolute Gasteiger partial charge is 0.254 e. The molecule has 0 bridgehead atoms. The monoisotopic (exact) mass is 246 g/mol. The summed E-state index contributed by atoms with van der Waals surface area (Å²) < 4.78 is 0. The van der Waals surface area contributed by atoms with Gasteiger partial charge in [0.15, 0.2) is 0 Å². The van der Waals surface area contributed by atoms with E-state index in [9.17, 15) is 4.79 Å². The summed E-state index contributed by atoms with van der Waals surface area (Å²) in [4.78, 5) is 19.8. The molecule has 1 aromatic heterocycles. The number of nitrogens with one attached hydrogen (secondary N) is 1. The van der Waals surface area contributed by atoms with Crippen LogP contribution in [0, 0.1) is 0 Å². The number of aromatic nitrogens is 2. The highest BCUT2D eigenvalue weighted by molar-refractivity contribution is 5.23. The van der Waals surface area contributed by atoms with E-state index in [1.54, 1.807) is 0 Å². The van der Waals surface area contributed by atoms with Crippen molar-refractivity contribution in [2.24, 2.45) is 0 Å². The van der Waals surface area contributed by atoms with Gasteiger partial charge in [0.1, 0.15) is 5.82 Å². The number of rotatable bonds is 1. The summed E-state index contributed by atoms with van der Waals surface area (Å²) in [6, 6.07) is 0. The molecule has 3 nitrogen and oxygen atoms in total. The van der Waals surface area contributed by atoms with E-state index in [0.29, 0.717) is 5.92 Å². The molecule has 0 aliphatic heterocycles. The van der Waals surface area contributed by atoms with Crippen molar-refractivity contribution < 1.29 is 0 Å². The molecule has 1 N–H and O–H groups in total. The third kappa shape index (κ3) is 2.36. The van der Waals surface area contributed by atoms with Crippen molar-refractivity contribution in [3.63, 3.8) is 0 Å². The minimum atomic E-state index is 0.134. The van der Waals surface area contributed by atoms with Crippen LogP contribution in [0.1, 0.15) is 74.4 Å². The molecule has 0 spiro atoms. The van der Waals surface area contributed by atoms with E-state index in [0.717, 1.165) is 36.3 Å². The zero-order valence-corrected chi connectivity index (χ0v) is 11.0. The number of aryl methyl sites for hydroxylation is 1. The first-order chi connectivity index (χ1) is 8.84. The quantitative estimate of drug-likeness (QED) is 0.827. The standard InChI is InChI=1S/C15H22N2O/c18-15-12-9-6-10-13(12)16-14(17-15)11-7-4-2-1-3-5-8-11/h11H,1-10H2,(H,16,17,18). The number of nitrogens with zero attached hydrogens (tertiary/aromatic N) is 1. The Kier molecular flexibility index (Phi) is 3.48. The number of aromatic amines is 1. The van der Waals surface area contributed by atoms with E-state index in [1.165, 1.54) is 44.9 Å². The third-order valence-electron chi connectivity index (χ3n) is 4.45. The molecule has 0 saturated heterocycles. The van der Waals surface area contributed by atoms with Gasteiger partial charge in [-0.1, -0.05) is 32.1 Å². The van der Waals surface area contributed by atoms with Gasteiger partial charge in [-0.25, -0.2) is 4.98 Å². The molecule has 1 heterocycles. The highest BCUT2D eigenvalue weighted by Crippen LogP contribution is 2.29. The van der Waals surface area contributed by atoms with Gasteiger partial charge in [0, 0.05) is 11.5 Å². The highest BCUT2D eigenvalue weighted by atomic mass is 16.1. The van der Waals surface area contributed by atoms with Crippen molar-refractivity contribution in [1.82, 2.24) is 9.97 Å². The van der Waals surface area contributed by atoms with Crippen LogP contribution >= 0.6 is 0 Å². The Balaban J connectivity index is 1.86. The zero-order chi connectivity index (χ0) is 12.4. The summed E-state index contributed by atoms with van der Waals surface area (Å²) in [6.07, 6.45) is 12.0. The maximum atomic E-state index is 12.0. The van der Waals surface area contributed by atoms with Gasteiger partial charge >= 0.3 is 0 Å². The van der Waals surface area contributed by atoms with E-state index in [2.05, 4.69) is 4.98 Å². The van der Waals surface area contributed by atoms with Crippen molar-refractivity contribution in [2.45, 2.75) is 70.1 Å². The van der Waals surface area contributed by atoms with Gasteiger partial charge < -0.3 is 4.98 Å². The Bertz CT molecular complexity index is 470. The summed E-state index contributed by atoms with van der Waals surface area (Å²) >= 11 is 0. The lowest BCUT2D eigenvalue weighted by atomic mass is 9.90. The largest absolute Gasteiger partial charge is 0.310 e. The average Bonchev–Trinajstić information content (AvgIpc) is 2.77. The molecular weight excluding hydrogens is 224 g/mol. The second-order valence-corrected chi connectivity index (χ2v) is 5.77. The Morgan fingerprint density at radius 3 is 2.44 bits per heavy atom. The molecule has 1 fully saturated rings. The van der Waals surface area contributed by atoms with Crippen molar-refractivity contribution in [1.29, 1.82) is 0 Å². The van der Waals surface area contributed by atoms with Gasteiger partial charge in [-0.05, 0) is 32.1 Å². The van der Waals surface area contributed by atoms with Crippen LogP contribution < -0.4 is 5.56 Å². The summed E-state index contributed by atoms with van der Waals surface area (Å²) in [5.74, 6) is 1.46. The number of fused-ring (bicyclic) bond motifs is 1. The summed E-state index contributed by atoms with van der Waals surface area (Å²) in [5, 5.41) is 0. The molecule has 1 saturated carbocycles. The van der Waals surface area contributed by atoms with Crippen molar-refractivity contribution in [3.05, 3.63) is 27.4 Å². The Labute approximate surface area is 108 Å². The van der Waals surface area contributed by atoms with Gasteiger partial charge in [0.05, 0.1) is 5.69 Å². The summed E-state index contributed by atoms with van der Waals surface area (Å²) in [5.41, 5.74) is 2.16. The van der Waals surface area contributed by atoms with Crippen LogP contribution in [-0.2, 0) is 12.8 Å². The van der Waals surface area contributed by atoms with Crippen LogP contribution in [0.2, 0.25) is 0 Å². The molecule has 0 radical (unpaired) electrons. The molecular formula is C15H22N2O. The topological polar surface area (TPSA) is 45.8 Å². The Morgan fingerprint density at radius 1 is 0.944 bits per heavy atom. The lowest BCUT2D eigenvalue weighted by Crippen LogP contribution is -2.19. The van der Waals surface area contributed by atoms with E-state index in [1.807, 2.05) is 0 Å². The lowest BCUT2D eigenvalue weighted by Gasteiger charge is -2.19. The third-order valence-corrected chi connectivity index (χ3v) is 4.45. The first kappa shape index (κ1) is 11.9. The van der Waals surface area contributed by atoms with E-state index in [-0.39, 0.29) is 5.56 Å². The Hall–Kier alpha value is -1.12. The molecule has 2 aliphatic carbocycles. The van der Waals surface area contributed by atoms with Crippen LogP contribution in [0.5, 0.6) is 0 Å². The lowest BCUT2D eigenvalue weighted by molar-refractivity contribution is 0.440. The fourth-order valence-electron chi connectivity index (χ4n) is 3.38. The van der Waals surface area contributed by atoms with Gasteiger partial charge in [-0.3, -0.25) is 4.79 Å². The van der Waals surface area contributed by atoms with Crippen LogP contribution in [0.15, 0.2) is 4.79 Å². The predicted octanol–water partition coefficient (Wildman–Crippen LogP) is 3.09. The van der Waals surface area contributed by atoms with Gasteiger partial charge in [-0.2, -0.15) is 0 Å². The molecule has 0 aromatic carbocycles.